The molecule has 0 aromatic carbocycles. The minimum atomic E-state index is -1.95. The molecular weight excluding hydrogens is 287 g/mol. The van der Waals surface area contributed by atoms with Crippen LogP contribution in [0.2, 0.25) is 0 Å². The second kappa shape index (κ2) is 5.34. The highest BCUT2D eigenvalue weighted by Gasteiger charge is 2.62. The molecule has 1 fully saturated rings. The molecule has 2 rings (SSSR count). The van der Waals surface area contributed by atoms with E-state index in [4.69, 9.17) is 9.47 Å². The summed E-state index contributed by atoms with van der Waals surface area (Å²) in [6.07, 6.45) is -1.89. The van der Waals surface area contributed by atoms with Crippen molar-refractivity contribution in [3.05, 3.63) is 33.1 Å². The molecule has 4 unspecified atom stereocenters. The number of aliphatic hydroxyl groups is 2. The van der Waals surface area contributed by atoms with Crippen LogP contribution in [0.5, 0.6) is 0 Å². The number of aliphatic hydroxyl groups excluding tert-OH is 1. The lowest BCUT2D eigenvalue weighted by Gasteiger charge is -2.30. The molecule has 2 heterocycles. The molecule has 118 valence electrons. The predicted octanol–water partition coefficient (Wildman–Crippen LogP) is -1.47. The fourth-order valence-corrected chi connectivity index (χ4v) is 2.52. The van der Waals surface area contributed by atoms with Gasteiger partial charge in [0.1, 0.15) is 18.4 Å². The maximum absolute atomic E-state index is 13.4. The molecule has 1 aromatic rings. The Labute approximate surface area is 118 Å². The van der Waals surface area contributed by atoms with Gasteiger partial charge in [0.15, 0.2) is 11.8 Å². The fraction of sp³-hybridized carbons (Fsp3) is 0.667. The van der Waals surface area contributed by atoms with Gasteiger partial charge in [-0.1, -0.05) is 0 Å². The summed E-state index contributed by atoms with van der Waals surface area (Å²) < 4.78 is 24.5. The normalized spacial score (nSPS) is 36.0. The number of hydrogen-bond donors (Lipinski definition) is 3. The standard InChI is InChI=1S/C12H17FN2O6/c1-11(19)8(17)12(5-13,6-20-2)21-9(11)15-4-3-7(16)14-10(15)18/h3-4,8-9,17,19H,5-6H2,1-2H3,(H,14,16,18). The molecule has 0 saturated carbocycles. The van der Waals surface area contributed by atoms with Crippen LogP contribution in [0.15, 0.2) is 21.9 Å². The lowest BCUT2D eigenvalue weighted by molar-refractivity contribution is -0.145. The van der Waals surface area contributed by atoms with E-state index >= 15 is 0 Å². The molecule has 3 N–H and O–H groups in total. The second-order valence-corrected chi connectivity index (χ2v) is 5.25. The Bertz CT molecular complexity index is 627. The Balaban J connectivity index is 2.50. The maximum Gasteiger partial charge on any atom is 0.330 e. The minimum absolute atomic E-state index is 0.310. The summed E-state index contributed by atoms with van der Waals surface area (Å²) in [4.78, 5) is 24.9. The smallest absolute Gasteiger partial charge is 0.330 e. The highest BCUT2D eigenvalue weighted by Crippen LogP contribution is 2.44. The number of aromatic nitrogens is 2. The van der Waals surface area contributed by atoms with Crippen LogP contribution in [0.3, 0.4) is 0 Å². The van der Waals surface area contributed by atoms with Crippen LogP contribution in [-0.4, -0.2) is 57.5 Å². The van der Waals surface area contributed by atoms with Crippen molar-refractivity contribution < 1.29 is 24.1 Å². The number of H-pyrrole nitrogens is 1. The molecule has 9 heteroatoms. The zero-order valence-electron chi connectivity index (χ0n) is 11.6. The molecule has 1 aromatic heterocycles. The zero-order valence-corrected chi connectivity index (χ0v) is 11.6. The Morgan fingerprint density at radius 1 is 1.57 bits per heavy atom. The van der Waals surface area contributed by atoms with E-state index in [1.807, 2.05) is 4.98 Å². The van der Waals surface area contributed by atoms with Crippen molar-refractivity contribution >= 4 is 0 Å². The van der Waals surface area contributed by atoms with Crippen molar-refractivity contribution in [2.24, 2.45) is 0 Å². The first kappa shape index (κ1) is 15.8. The van der Waals surface area contributed by atoms with E-state index in [1.165, 1.54) is 14.0 Å². The fourth-order valence-electron chi connectivity index (χ4n) is 2.52. The van der Waals surface area contributed by atoms with E-state index in [-0.39, 0.29) is 6.61 Å². The van der Waals surface area contributed by atoms with Crippen LogP contribution >= 0.6 is 0 Å². The second-order valence-electron chi connectivity index (χ2n) is 5.25. The molecule has 21 heavy (non-hydrogen) atoms. The predicted molar refractivity (Wildman–Crippen MR) is 68.7 cm³/mol. The van der Waals surface area contributed by atoms with Crippen LogP contribution in [0.25, 0.3) is 0 Å². The highest BCUT2D eigenvalue weighted by molar-refractivity contribution is 5.08. The SMILES string of the molecule is COCC1(CF)OC(n2ccc(=O)[nH]c2=O)C(C)(O)C1O. The molecule has 1 saturated heterocycles. The summed E-state index contributed by atoms with van der Waals surface area (Å²) in [5, 5.41) is 20.6. The van der Waals surface area contributed by atoms with Gasteiger partial charge in [0.2, 0.25) is 0 Å². The Kier molecular flexibility index (Phi) is 4.02. The number of hydrogen-bond acceptors (Lipinski definition) is 6. The number of halogens is 1. The molecule has 1 aliphatic rings. The van der Waals surface area contributed by atoms with Crippen LogP contribution in [0.1, 0.15) is 13.2 Å². The minimum Gasteiger partial charge on any atom is -0.387 e. The van der Waals surface area contributed by atoms with E-state index in [0.717, 1.165) is 16.8 Å². The van der Waals surface area contributed by atoms with Crippen molar-refractivity contribution in [3.8, 4) is 0 Å². The van der Waals surface area contributed by atoms with Gasteiger partial charge in [0.05, 0.1) is 6.61 Å². The third-order valence-corrected chi connectivity index (χ3v) is 3.62. The monoisotopic (exact) mass is 304 g/mol. The maximum atomic E-state index is 13.4. The van der Waals surface area contributed by atoms with Crippen molar-refractivity contribution in [1.82, 2.24) is 9.55 Å². The Morgan fingerprint density at radius 2 is 2.24 bits per heavy atom. The van der Waals surface area contributed by atoms with Crippen LogP contribution < -0.4 is 11.2 Å². The van der Waals surface area contributed by atoms with Gasteiger partial charge in [-0.2, -0.15) is 0 Å². The van der Waals surface area contributed by atoms with Crippen molar-refractivity contribution in [2.75, 3.05) is 20.4 Å². The summed E-state index contributed by atoms with van der Waals surface area (Å²) in [5.41, 5.74) is -5.21. The topological polar surface area (TPSA) is 114 Å². The van der Waals surface area contributed by atoms with Gasteiger partial charge in [-0.3, -0.25) is 14.3 Å². The lowest BCUT2D eigenvalue weighted by atomic mass is 9.88. The van der Waals surface area contributed by atoms with Gasteiger partial charge < -0.3 is 19.7 Å². The van der Waals surface area contributed by atoms with E-state index in [9.17, 15) is 24.2 Å². The molecule has 0 bridgehead atoms. The molecule has 0 radical (unpaired) electrons. The third kappa shape index (κ3) is 2.42. The molecule has 0 spiro atoms. The van der Waals surface area contributed by atoms with Crippen molar-refractivity contribution in [2.45, 2.75) is 30.5 Å². The van der Waals surface area contributed by atoms with E-state index in [2.05, 4.69) is 0 Å². The van der Waals surface area contributed by atoms with Crippen LogP contribution in [-0.2, 0) is 9.47 Å². The quantitative estimate of drug-likeness (QED) is 0.626. The first-order chi connectivity index (χ1) is 9.78. The number of rotatable bonds is 4. The van der Waals surface area contributed by atoms with E-state index < -0.39 is 41.5 Å². The van der Waals surface area contributed by atoms with E-state index in [1.54, 1.807) is 0 Å². The molecule has 8 nitrogen and oxygen atoms in total. The van der Waals surface area contributed by atoms with Gasteiger partial charge >= 0.3 is 5.69 Å². The summed E-state index contributed by atoms with van der Waals surface area (Å²) in [5.74, 6) is 0. The average molecular weight is 304 g/mol. The molecule has 4 atom stereocenters. The number of aromatic amines is 1. The number of alkyl halides is 1. The zero-order chi connectivity index (χ0) is 15.8. The summed E-state index contributed by atoms with van der Waals surface area (Å²) in [7, 11) is 1.29. The third-order valence-electron chi connectivity index (χ3n) is 3.62. The molecular formula is C12H17FN2O6. The highest BCUT2D eigenvalue weighted by atomic mass is 19.1. The summed E-state index contributed by atoms with van der Waals surface area (Å²) in [6, 6.07) is 1.05. The van der Waals surface area contributed by atoms with Gasteiger partial charge in [-0.15, -0.1) is 0 Å². The molecule has 0 amide bonds. The van der Waals surface area contributed by atoms with Crippen molar-refractivity contribution in [1.29, 1.82) is 0 Å². The van der Waals surface area contributed by atoms with Gasteiger partial charge in [0.25, 0.3) is 5.56 Å². The van der Waals surface area contributed by atoms with E-state index in [0.29, 0.717) is 0 Å². The van der Waals surface area contributed by atoms with Gasteiger partial charge in [-0.05, 0) is 6.92 Å². The number of ether oxygens (including phenoxy) is 2. The Morgan fingerprint density at radius 3 is 2.76 bits per heavy atom. The van der Waals surface area contributed by atoms with Crippen molar-refractivity contribution in [3.63, 3.8) is 0 Å². The largest absolute Gasteiger partial charge is 0.387 e. The van der Waals surface area contributed by atoms with Crippen LogP contribution in [0.4, 0.5) is 4.39 Å². The molecule has 0 aliphatic carbocycles. The van der Waals surface area contributed by atoms with Gasteiger partial charge in [0, 0.05) is 19.4 Å². The number of methoxy groups -OCH3 is 1. The summed E-state index contributed by atoms with van der Waals surface area (Å²) >= 11 is 0. The summed E-state index contributed by atoms with van der Waals surface area (Å²) in [6.45, 7) is -0.213. The number of nitrogens with zero attached hydrogens (tertiary/aromatic N) is 1. The van der Waals surface area contributed by atoms with Crippen LogP contribution in [0, 0.1) is 0 Å². The molecule has 1 aliphatic heterocycles. The average Bonchev–Trinajstić information content (AvgIpc) is 2.61. The number of nitrogens with one attached hydrogen (secondary N) is 1. The Hall–Kier alpha value is -1.55. The van der Waals surface area contributed by atoms with Gasteiger partial charge in [-0.25, -0.2) is 9.18 Å². The first-order valence-corrected chi connectivity index (χ1v) is 6.23. The lowest BCUT2D eigenvalue weighted by Crippen LogP contribution is -2.53. The first-order valence-electron chi connectivity index (χ1n) is 6.23.